The van der Waals surface area contributed by atoms with Crippen LogP contribution in [0, 0.1) is 0 Å². The van der Waals surface area contributed by atoms with E-state index in [9.17, 15) is 5.11 Å². The quantitative estimate of drug-likeness (QED) is 0.877. The Morgan fingerprint density at radius 3 is 2.76 bits per heavy atom. The summed E-state index contributed by atoms with van der Waals surface area (Å²) in [6, 6.07) is 0. The van der Waals surface area contributed by atoms with E-state index in [4.69, 9.17) is 4.74 Å². The van der Waals surface area contributed by atoms with Gasteiger partial charge in [0.2, 0.25) is 0 Å². The minimum atomic E-state index is -0.331. The number of methoxy groups -OCH3 is 1. The SMILES string of the molecule is COCCn1ncc(Br)c1C(C)(C)CC(C)O. The summed E-state index contributed by atoms with van der Waals surface area (Å²) in [5, 5.41) is 13.9. The van der Waals surface area contributed by atoms with Crippen molar-refractivity contribution in [1.29, 1.82) is 0 Å². The zero-order valence-corrected chi connectivity index (χ0v) is 12.5. The van der Waals surface area contributed by atoms with Crippen molar-refractivity contribution in [3.8, 4) is 0 Å². The van der Waals surface area contributed by atoms with Crippen LogP contribution in [0.2, 0.25) is 0 Å². The van der Waals surface area contributed by atoms with Crippen LogP contribution in [0.3, 0.4) is 0 Å². The fraction of sp³-hybridized carbons (Fsp3) is 0.750. The van der Waals surface area contributed by atoms with Gasteiger partial charge < -0.3 is 9.84 Å². The lowest BCUT2D eigenvalue weighted by Gasteiger charge is -2.27. The summed E-state index contributed by atoms with van der Waals surface area (Å²) >= 11 is 3.53. The van der Waals surface area contributed by atoms with E-state index in [-0.39, 0.29) is 11.5 Å². The summed E-state index contributed by atoms with van der Waals surface area (Å²) in [4.78, 5) is 0. The zero-order valence-electron chi connectivity index (χ0n) is 10.9. The van der Waals surface area contributed by atoms with Crippen LogP contribution in [0.15, 0.2) is 10.7 Å². The number of ether oxygens (including phenoxy) is 1. The van der Waals surface area contributed by atoms with Crippen LogP contribution < -0.4 is 0 Å². The molecule has 98 valence electrons. The number of aromatic nitrogens is 2. The van der Waals surface area contributed by atoms with Crippen LogP contribution in [0.4, 0.5) is 0 Å². The summed E-state index contributed by atoms with van der Waals surface area (Å²) < 4.78 is 8.00. The third kappa shape index (κ3) is 3.79. The van der Waals surface area contributed by atoms with E-state index in [1.807, 2.05) is 11.6 Å². The highest BCUT2D eigenvalue weighted by atomic mass is 79.9. The number of halogens is 1. The van der Waals surface area contributed by atoms with Crippen LogP contribution in [0.1, 0.15) is 32.9 Å². The normalized spacial score (nSPS) is 14.0. The molecule has 0 aliphatic carbocycles. The molecule has 17 heavy (non-hydrogen) atoms. The maximum Gasteiger partial charge on any atom is 0.0659 e. The van der Waals surface area contributed by atoms with Gasteiger partial charge in [-0.25, -0.2) is 0 Å². The van der Waals surface area contributed by atoms with Crippen molar-refractivity contribution in [3.63, 3.8) is 0 Å². The molecule has 1 aromatic heterocycles. The first-order valence-corrected chi connectivity index (χ1v) is 6.56. The van der Waals surface area contributed by atoms with E-state index in [0.717, 1.165) is 16.7 Å². The lowest BCUT2D eigenvalue weighted by Crippen LogP contribution is -2.27. The zero-order chi connectivity index (χ0) is 13.1. The molecule has 0 fully saturated rings. The fourth-order valence-corrected chi connectivity index (χ4v) is 3.05. The van der Waals surface area contributed by atoms with Gasteiger partial charge in [0.25, 0.3) is 0 Å². The van der Waals surface area contributed by atoms with Crippen molar-refractivity contribution < 1.29 is 9.84 Å². The highest BCUT2D eigenvalue weighted by Crippen LogP contribution is 2.33. The van der Waals surface area contributed by atoms with Gasteiger partial charge in [-0.1, -0.05) is 13.8 Å². The number of hydrogen-bond acceptors (Lipinski definition) is 3. The first kappa shape index (κ1) is 14.7. The second kappa shape index (κ2) is 5.98. The van der Waals surface area contributed by atoms with Gasteiger partial charge in [0, 0.05) is 12.5 Å². The molecule has 1 unspecified atom stereocenters. The Bertz CT molecular complexity index is 361. The summed E-state index contributed by atoms with van der Waals surface area (Å²) in [5.74, 6) is 0. The van der Waals surface area contributed by atoms with Crippen molar-refractivity contribution >= 4 is 15.9 Å². The van der Waals surface area contributed by atoms with Gasteiger partial charge in [-0.3, -0.25) is 4.68 Å². The molecule has 5 heteroatoms. The first-order chi connectivity index (χ1) is 7.88. The Morgan fingerprint density at radius 2 is 2.24 bits per heavy atom. The average molecular weight is 305 g/mol. The van der Waals surface area contributed by atoms with Gasteiger partial charge in [0.1, 0.15) is 0 Å². The molecule has 1 atom stereocenters. The molecule has 0 bridgehead atoms. The van der Waals surface area contributed by atoms with Crippen molar-refractivity contribution in [3.05, 3.63) is 16.4 Å². The highest BCUT2D eigenvalue weighted by Gasteiger charge is 2.29. The molecule has 0 spiro atoms. The van der Waals surface area contributed by atoms with Gasteiger partial charge in [0.05, 0.1) is 35.6 Å². The van der Waals surface area contributed by atoms with Crippen LogP contribution in [-0.4, -0.2) is 34.7 Å². The van der Waals surface area contributed by atoms with Crippen molar-refractivity contribution in [2.24, 2.45) is 0 Å². The molecule has 1 heterocycles. The molecule has 0 aliphatic rings. The molecular formula is C12H21BrN2O2. The molecule has 0 aromatic carbocycles. The van der Waals surface area contributed by atoms with Gasteiger partial charge in [-0.15, -0.1) is 0 Å². The third-order valence-corrected chi connectivity index (χ3v) is 3.33. The molecule has 0 saturated carbocycles. The lowest BCUT2D eigenvalue weighted by molar-refractivity contribution is 0.150. The molecule has 1 aromatic rings. The molecule has 0 amide bonds. The number of rotatable bonds is 6. The third-order valence-electron chi connectivity index (χ3n) is 2.75. The van der Waals surface area contributed by atoms with Crippen LogP contribution in [-0.2, 0) is 16.7 Å². The molecule has 0 saturated heterocycles. The van der Waals surface area contributed by atoms with Gasteiger partial charge in [-0.05, 0) is 29.3 Å². The van der Waals surface area contributed by atoms with E-state index >= 15 is 0 Å². The van der Waals surface area contributed by atoms with Crippen LogP contribution in [0.25, 0.3) is 0 Å². The maximum absolute atomic E-state index is 9.57. The van der Waals surface area contributed by atoms with Crippen LogP contribution in [0.5, 0.6) is 0 Å². The molecule has 4 nitrogen and oxygen atoms in total. The summed E-state index contributed by atoms with van der Waals surface area (Å²) in [5.41, 5.74) is 0.979. The summed E-state index contributed by atoms with van der Waals surface area (Å²) in [6.07, 6.45) is 2.17. The smallest absolute Gasteiger partial charge is 0.0659 e. The monoisotopic (exact) mass is 304 g/mol. The number of hydrogen-bond donors (Lipinski definition) is 1. The standard InChI is InChI=1S/C12H21BrN2O2/c1-9(16)7-12(2,3)11-10(13)8-14-15(11)5-6-17-4/h8-9,16H,5-7H2,1-4H3. The number of aliphatic hydroxyl groups excluding tert-OH is 1. The van der Waals surface area contributed by atoms with E-state index in [0.29, 0.717) is 13.0 Å². The topological polar surface area (TPSA) is 47.3 Å². The molecule has 1 N–H and O–H groups in total. The van der Waals surface area contributed by atoms with Gasteiger partial charge in [0.15, 0.2) is 0 Å². The Morgan fingerprint density at radius 1 is 1.59 bits per heavy atom. The molecule has 0 radical (unpaired) electrons. The van der Waals surface area contributed by atoms with Crippen molar-refractivity contribution in [2.45, 2.75) is 45.3 Å². The van der Waals surface area contributed by atoms with Crippen molar-refractivity contribution in [1.82, 2.24) is 9.78 Å². The molecular weight excluding hydrogens is 284 g/mol. The second-order valence-corrected chi connectivity index (χ2v) is 5.85. The number of aliphatic hydroxyl groups is 1. The lowest BCUT2D eigenvalue weighted by atomic mass is 9.83. The molecule has 1 rings (SSSR count). The Labute approximate surface area is 111 Å². The van der Waals surface area contributed by atoms with Crippen molar-refractivity contribution in [2.75, 3.05) is 13.7 Å². The Hall–Kier alpha value is -0.390. The Balaban J connectivity index is 2.97. The highest BCUT2D eigenvalue weighted by molar-refractivity contribution is 9.10. The summed E-state index contributed by atoms with van der Waals surface area (Å²) in [7, 11) is 1.68. The van der Waals surface area contributed by atoms with E-state index in [1.165, 1.54) is 0 Å². The maximum atomic E-state index is 9.57. The van der Waals surface area contributed by atoms with Crippen LogP contribution >= 0.6 is 15.9 Å². The average Bonchev–Trinajstić information content (AvgIpc) is 2.55. The molecule has 0 aliphatic heterocycles. The van der Waals surface area contributed by atoms with E-state index in [2.05, 4.69) is 34.9 Å². The largest absolute Gasteiger partial charge is 0.393 e. The first-order valence-electron chi connectivity index (χ1n) is 5.77. The number of nitrogens with zero attached hydrogens (tertiary/aromatic N) is 2. The van der Waals surface area contributed by atoms with E-state index < -0.39 is 0 Å². The van der Waals surface area contributed by atoms with Gasteiger partial charge >= 0.3 is 0 Å². The fourth-order valence-electron chi connectivity index (χ4n) is 2.22. The minimum absolute atomic E-state index is 0.128. The second-order valence-electron chi connectivity index (χ2n) is 4.99. The van der Waals surface area contributed by atoms with Gasteiger partial charge in [-0.2, -0.15) is 5.10 Å². The summed E-state index contributed by atoms with van der Waals surface area (Å²) in [6.45, 7) is 7.40. The van der Waals surface area contributed by atoms with E-state index in [1.54, 1.807) is 13.3 Å². The Kier molecular flexibility index (Phi) is 5.16. The predicted octanol–water partition coefficient (Wildman–Crippen LogP) is 2.34. The minimum Gasteiger partial charge on any atom is -0.393 e. The predicted molar refractivity (Wildman–Crippen MR) is 71.1 cm³/mol.